The zero-order chi connectivity index (χ0) is 13.6. The molecular formula is C13H16N6. The van der Waals surface area contributed by atoms with Crippen LogP contribution in [0.2, 0.25) is 0 Å². The molecule has 0 aliphatic heterocycles. The summed E-state index contributed by atoms with van der Waals surface area (Å²) in [5, 5.41) is 3.34. The maximum atomic E-state index is 5.75. The Kier molecular flexibility index (Phi) is 2.35. The molecule has 0 atom stereocenters. The second-order valence-corrected chi connectivity index (χ2v) is 5.52. The highest BCUT2D eigenvalue weighted by Crippen LogP contribution is 2.21. The van der Waals surface area contributed by atoms with E-state index in [1.165, 1.54) is 0 Å². The number of rotatable bonds is 1. The largest absolute Gasteiger partial charge is 0.368 e. The van der Waals surface area contributed by atoms with E-state index in [1.54, 1.807) is 0 Å². The van der Waals surface area contributed by atoms with E-state index in [0.717, 1.165) is 11.0 Å². The van der Waals surface area contributed by atoms with Crippen LogP contribution in [0.15, 0.2) is 24.3 Å². The third-order valence-electron chi connectivity index (χ3n) is 2.68. The molecule has 0 saturated heterocycles. The van der Waals surface area contributed by atoms with Gasteiger partial charge in [0.2, 0.25) is 17.7 Å². The summed E-state index contributed by atoms with van der Waals surface area (Å²) in [6, 6.07) is 7.85. The zero-order valence-electron chi connectivity index (χ0n) is 11.2. The van der Waals surface area contributed by atoms with Crippen LogP contribution in [0.3, 0.4) is 0 Å². The minimum atomic E-state index is -0.126. The summed E-state index contributed by atoms with van der Waals surface area (Å²) in [6.07, 6.45) is 0. The van der Waals surface area contributed by atoms with Gasteiger partial charge in [0, 0.05) is 5.54 Å². The van der Waals surface area contributed by atoms with E-state index >= 15 is 0 Å². The van der Waals surface area contributed by atoms with Gasteiger partial charge >= 0.3 is 0 Å². The molecule has 0 aliphatic rings. The van der Waals surface area contributed by atoms with Gasteiger partial charge in [-0.3, -0.25) is 0 Å². The minimum Gasteiger partial charge on any atom is -0.368 e. The SMILES string of the molecule is CC(C)(C)Nc1nc(N)nc2nc3ccccc3n12. The van der Waals surface area contributed by atoms with Crippen molar-refractivity contribution in [3.63, 3.8) is 0 Å². The van der Waals surface area contributed by atoms with Gasteiger partial charge in [0.15, 0.2) is 0 Å². The lowest BCUT2D eigenvalue weighted by molar-refractivity contribution is 0.624. The highest BCUT2D eigenvalue weighted by molar-refractivity contribution is 5.81. The Morgan fingerprint density at radius 1 is 1.11 bits per heavy atom. The van der Waals surface area contributed by atoms with Gasteiger partial charge in [-0.1, -0.05) is 12.1 Å². The van der Waals surface area contributed by atoms with E-state index in [2.05, 4.69) is 41.0 Å². The highest BCUT2D eigenvalue weighted by Gasteiger charge is 2.16. The van der Waals surface area contributed by atoms with E-state index < -0.39 is 0 Å². The smallest absolute Gasteiger partial charge is 0.241 e. The summed E-state index contributed by atoms with van der Waals surface area (Å²) in [5.41, 5.74) is 7.46. The number of imidazole rings is 1. The second-order valence-electron chi connectivity index (χ2n) is 5.52. The molecular weight excluding hydrogens is 240 g/mol. The van der Waals surface area contributed by atoms with Crippen molar-refractivity contribution in [2.24, 2.45) is 0 Å². The number of nitrogen functional groups attached to an aromatic ring is 1. The molecule has 1 aromatic carbocycles. The third kappa shape index (κ3) is 2.05. The lowest BCUT2D eigenvalue weighted by Gasteiger charge is -2.21. The monoisotopic (exact) mass is 256 g/mol. The summed E-state index contributed by atoms with van der Waals surface area (Å²) >= 11 is 0. The topological polar surface area (TPSA) is 81.1 Å². The van der Waals surface area contributed by atoms with Crippen molar-refractivity contribution in [1.29, 1.82) is 0 Å². The fourth-order valence-corrected chi connectivity index (χ4v) is 2.00. The Morgan fingerprint density at radius 3 is 2.58 bits per heavy atom. The number of nitrogens with zero attached hydrogens (tertiary/aromatic N) is 4. The number of para-hydroxylation sites is 2. The molecule has 0 bridgehead atoms. The van der Waals surface area contributed by atoms with Crippen LogP contribution in [0, 0.1) is 0 Å². The number of fused-ring (bicyclic) bond motifs is 3. The van der Waals surface area contributed by atoms with Crippen LogP contribution in [-0.2, 0) is 0 Å². The van der Waals surface area contributed by atoms with Gasteiger partial charge in [0.05, 0.1) is 11.0 Å². The molecule has 3 aromatic rings. The Morgan fingerprint density at radius 2 is 1.84 bits per heavy atom. The van der Waals surface area contributed by atoms with Crippen LogP contribution in [0.4, 0.5) is 11.9 Å². The van der Waals surface area contributed by atoms with Gasteiger partial charge in [0.25, 0.3) is 0 Å². The standard InChI is InChI=1S/C13H16N6/c1-13(2,3)18-12-17-10(14)16-11-15-8-6-4-5-7-9(8)19(11)12/h4-7H,1-3H3,(H3,14,15,16,17,18). The average molecular weight is 256 g/mol. The lowest BCUT2D eigenvalue weighted by atomic mass is 10.1. The highest BCUT2D eigenvalue weighted by atomic mass is 15.3. The van der Waals surface area contributed by atoms with Crippen LogP contribution in [-0.4, -0.2) is 24.9 Å². The van der Waals surface area contributed by atoms with E-state index in [0.29, 0.717) is 11.7 Å². The number of benzene rings is 1. The molecule has 0 radical (unpaired) electrons. The lowest BCUT2D eigenvalue weighted by Crippen LogP contribution is -2.28. The molecule has 0 unspecified atom stereocenters. The number of anilines is 2. The Hall–Kier alpha value is -2.37. The number of nitrogens with one attached hydrogen (secondary N) is 1. The molecule has 98 valence electrons. The first-order valence-corrected chi connectivity index (χ1v) is 6.13. The van der Waals surface area contributed by atoms with E-state index in [9.17, 15) is 0 Å². The van der Waals surface area contributed by atoms with Crippen molar-refractivity contribution in [3.05, 3.63) is 24.3 Å². The van der Waals surface area contributed by atoms with Crippen molar-refractivity contribution in [2.45, 2.75) is 26.3 Å². The van der Waals surface area contributed by atoms with E-state index in [4.69, 9.17) is 5.73 Å². The number of aromatic nitrogens is 4. The van der Waals surface area contributed by atoms with Crippen LogP contribution in [0.5, 0.6) is 0 Å². The van der Waals surface area contributed by atoms with Gasteiger partial charge in [-0.15, -0.1) is 0 Å². The van der Waals surface area contributed by atoms with Gasteiger partial charge in [-0.2, -0.15) is 9.97 Å². The minimum absolute atomic E-state index is 0.126. The van der Waals surface area contributed by atoms with E-state index in [-0.39, 0.29) is 11.5 Å². The molecule has 0 spiro atoms. The fraction of sp³-hybridized carbons (Fsp3) is 0.308. The van der Waals surface area contributed by atoms with Crippen LogP contribution in [0.25, 0.3) is 16.8 Å². The predicted octanol–water partition coefficient (Wildman–Crippen LogP) is 2.07. The van der Waals surface area contributed by atoms with Gasteiger partial charge < -0.3 is 11.1 Å². The van der Waals surface area contributed by atoms with Crippen molar-refractivity contribution < 1.29 is 0 Å². The molecule has 19 heavy (non-hydrogen) atoms. The molecule has 0 amide bonds. The van der Waals surface area contributed by atoms with E-state index in [1.807, 2.05) is 28.7 Å². The Labute approximate surface area is 110 Å². The molecule has 2 heterocycles. The average Bonchev–Trinajstić information content (AvgIpc) is 2.64. The first-order chi connectivity index (χ1) is 8.94. The number of hydrogen-bond donors (Lipinski definition) is 2. The molecule has 3 rings (SSSR count). The predicted molar refractivity (Wildman–Crippen MR) is 76.1 cm³/mol. The molecule has 6 nitrogen and oxygen atoms in total. The van der Waals surface area contributed by atoms with Crippen molar-refractivity contribution in [1.82, 2.24) is 19.4 Å². The Balaban J connectivity index is 2.35. The zero-order valence-corrected chi connectivity index (χ0v) is 11.2. The molecule has 2 aromatic heterocycles. The molecule has 3 N–H and O–H groups in total. The maximum absolute atomic E-state index is 5.75. The van der Waals surface area contributed by atoms with Gasteiger partial charge in [-0.25, -0.2) is 9.38 Å². The van der Waals surface area contributed by atoms with Crippen LogP contribution < -0.4 is 11.1 Å². The normalized spacial score (nSPS) is 12.2. The molecule has 0 saturated carbocycles. The van der Waals surface area contributed by atoms with Crippen molar-refractivity contribution in [3.8, 4) is 0 Å². The molecule has 0 aliphatic carbocycles. The molecule has 0 fully saturated rings. The van der Waals surface area contributed by atoms with Crippen molar-refractivity contribution >= 4 is 28.7 Å². The summed E-state index contributed by atoms with van der Waals surface area (Å²) in [6.45, 7) is 6.20. The second kappa shape index (κ2) is 3.81. The van der Waals surface area contributed by atoms with Crippen LogP contribution >= 0.6 is 0 Å². The van der Waals surface area contributed by atoms with Crippen molar-refractivity contribution in [2.75, 3.05) is 11.1 Å². The van der Waals surface area contributed by atoms with Gasteiger partial charge in [0.1, 0.15) is 0 Å². The maximum Gasteiger partial charge on any atom is 0.241 e. The van der Waals surface area contributed by atoms with Gasteiger partial charge in [-0.05, 0) is 32.9 Å². The number of nitrogens with two attached hydrogens (primary N) is 1. The summed E-state index contributed by atoms with van der Waals surface area (Å²) in [4.78, 5) is 12.9. The number of hydrogen-bond acceptors (Lipinski definition) is 5. The fourth-order valence-electron chi connectivity index (χ4n) is 2.00. The first-order valence-electron chi connectivity index (χ1n) is 6.13. The summed E-state index contributed by atoms with van der Waals surface area (Å²) in [7, 11) is 0. The summed E-state index contributed by atoms with van der Waals surface area (Å²) < 4.78 is 1.89. The first kappa shape index (κ1) is 11.7. The van der Waals surface area contributed by atoms with Crippen LogP contribution in [0.1, 0.15) is 20.8 Å². The summed E-state index contributed by atoms with van der Waals surface area (Å²) in [5.74, 6) is 1.43. The molecule has 6 heteroatoms. The third-order valence-corrected chi connectivity index (χ3v) is 2.68. The quantitative estimate of drug-likeness (QED) is 0.696. The Bertz CT molecular complexity index is 753.